The number of fused-ring (bicyclic) bond motifs is 3. The van der Waals surface area contributed by atoms with Gasteiger partial charge in [0.25, 0.3) is 0 Å². The second-order valence-corrected chi connectivity index (χ2v) is 4.91. The highest BCUT2D eigenvalue weighted by atomic mass is 16.5. The van der Waals surface area contributed by atoms with Gasteiger partial charge >= 0.3 is 0 Å². The minimum absolute atomic E-state index is 0.104. The van der Waals surface area contributed by atoms with E-state index in [9.17, 15) is 0 Å². The van der Waals surface area contributed by atoms with E-state index in [0.29, 0.717) is 0 Å². The maximum Gasteiger partial charge on any atom is 0.109 e. The van der Waals surface area contributed by atoms with Crippen LogP contribution < -0.4 is 0 Å². The Balaban J connectivity index is 2.09. The third-order valence-corrected chi connectivity index (χ3v) is 3.72. The Kier molecular flexibility index (Phi) is 2.92. The van der Waals surface area contributed by atoms with E-state index < -0.39 is 0 Å². The van der Waals surface area contributed by atoms with Gasteiger partial charge in [0, 0.05) is 0 Å². The largest absolute Gasteiger partial charge is 0.366 e. The highest BCUT2D eigenvalue weighted by molar-refractivity contribution is 5.78. The molecule has 0 spiro atoms. The zero-order valence-corrected chi connectivity index (χ0v) is 10.9. The van der Waals surface area contributed by atoms with Gasteiger partial charge in [-0.1, -0.05) is 55.5 Å². The molecule has 0 aliphatic heterocycles. The van der Waals surface area contributed by atoms with E-state index in [-0.39, 0.29) is 12.2 Å². The number of hydrogen-bond donors (Lipinski definition) is 0. The standard InChI is InChI=1S/C17H18O/c1-3-12(2)18-17-15-10-6-4-8-13(15)14-9-5-7-11-16(14)17/h4-12,17H,3H2,1-2H3/t12-/m1/s1. The van der Waals surface area contributed by atoms with Crippen LogP contribution in [0.3, 0.4) is 0 Å². The van der Waals surface area contributed by atoms with E-state index in [0.717, 1.165) is 6.42 Å². The van der Waals surface area contributed by atoms with Crippen molar-refractivity contribution < 1.29 is 4.74 Å². The fourth-order valence-corrected chi connectivity index (χ4v) is 2.58. The molecule has 1 heteroatoms. The fourth-order valence-electron chi connectivity index (χ4n) is 2.58. The van der Waals surface area contributed by atoms with E-state index in [1.54, 1.807) is 0 Å². The Morgan fingerprint density at radius 2 is 1.44 bits per heavy atom. The van der Waals surface area contributed by atoms with Crippen LogP contribution in [0.4, 0.5) is 0 Å². The summed E-state index contributed by atoms with van der Waals surface area (Å²) in [6.07, 6.45) is 1.43. The number of hydrogen-bond acceptors (Lipinski definition) is 1. The molecule has 1 atom stereocenters. The molecule has 0 N–H and O–H groups in total. The minimum atomic E-state index is 0.104. The van der Waals surface area contributed by atoms with Crippen molar-refractivity contribution in [1.82, 2.24) is 0 Å². The molecule has 0 bridgehead atoms. The van der Waals surface area contributed by atoms with Crippen molar-refractivity contribution in [3.8, 4) is 11.1 Å². The minimum Gasteiger partial charge on any atom is -0.366 e. The molecular weight excluding hydrogens is 220 g/mol. The topological polar surface area (TPSA) is 9.23 Å². The Bertz CT molecular complexity index is 514. The van der Waals surface area contributed by atoms with Gasteiger partial charge in [-0.05, 0) is 35.6 Å². The van der Waals surface area contributed by atoms with Crippen molar-refractivity contribution in [3.63, 3.8) is 0 Å². The molecular formula is C17H18O. The molecule has 0 unspecified atom stereocenters. The monoisotopic (exact) mass is 238 g/mol. The smallest absolute Gasteiger partial charge is 0.109 e. The van der Waals surface area contributed by atoms with Crippen LogP contribution in [0.25, 0.3) is 11.1 Å². The summed E-state index contributed by atoms with van der Waals surface area (Å²) in [6, 6.07) is 17.1. The average molecular weight is 238 g/mol. The summed E-state index contributed by atoms with van der Waals surface area (Å²) < 4.78 is 6.21. The van der Waals surface area contributed by atoms with Gasteiger partial charge in [0.05, 0.1) is 6.10 Å². The maximum atomic E-state index is 6.21. The van der Waals surface area contributed by atoms with Crippen LogP contribution in [0, 0.1) is 0 Å². The Morgan fingerprint density at radius 3 is 1.94 bits per heavy atom. The molecule has 0 amide bonds. The summed E-state index contributed by atoms with van der Waals surface area (Å²) in [6.45, 7) is 4.31. The van der Waals surface area contributed by atoms with E-state index in [1.165, 1.54) is 22.3 Å². The first-order valence-corrected chi connectivity index (χ1v) is 6.65. The zero-order chi connectivity index (χ0) is 12.5. The summed E-state index contributed by atoms with van der Waals surface area (Å²) in [4.78, 5) is 0. The normalized spacial score (nSPS) is 15.2. The lowest BCUT2D eigenvalue weighted by molar-refractivity contribution is 0.0197. The maximum absolute atomic E-state index is 6.21. The quantitative estimate of drug-likeness (QED) is 0.761. The summed E-state index contributed by atoms with van der Waals surface area (Å²) in [5, 5.41) is 0. The molecule has 3 rings (SSSR count). The SMILES string of the molecule is CC[C@@H](C)OC1c2ccccc2-c2ccccc21. The van der Waals surface area contributed by atoms with Crippen LogP contribution in [0.1, 0.15) is 37.5 Å². The van der Waals surface area contributed by atoms with Gasteiger partial charge in [0.15, 0.2) is 0 Å². The Labute approximate surface area is 108 Å². The molecule has 2 aromatic rings. The van der Waals surface area contributed by atoms with Gasteiger partial charge in [-0.2, -0.15) is 0 Å². The lowest BCUT2D eigenvalue weighted by Crippen LogP contribution is -2.12. The van der Waals surface area contributed by atoms with Gasteiger partial charge in [0.1, 0.15) is 6.10 Å². The van der Waals surface area contributed by atoms with Crippen LogP contribution in [-0.2, 0) is 4.74 Å². The number of rotatable bonds is 3. The fraction of sp³-hybridized carbons (Fsp3) is 0.294. The van der Waals surface area contributed by atoms with Crippen molar-refractivity contribution in [1.29, 1.82) is 0 Å². The van der Waals surface area contributed by atoms with Gasteiger partial charge in [-0.15, -0.1) is 0 Å². The first-order valence-electron chi connectivity index (χ1n) is 6.65. The van der Waals surface area contributed by atoms with Gasteiger partial charge in [-0.3, -0.25) is 0 Å². The molecule has 0 fully saturated rings. The zero-order valence-electron chi connectivity index (χ0n) is 10.9. The van der Waals surface area contributed by atoms with Crippen molar-refractivity contribution in [2.45, 2.75) is 32.5 Å². The van der Waals surface area contributed by atoms with Gasteiger partial charge in [-0.25, -0.2) is 0 Å². The van der Waals surface area contributed by atoms with Crippen LogP contribution >= 0.6 is 0 Å². The molecule has 0 radical (unpaired) electrons. The van der Waals surface area contributed by atoms with Gasteiger partial charge < -0.3 is 4.74 Å². The van der Waals surface area contributed by atoms with E-state index in [4.69, 9.17) is 4.74 Å². The Morgan fingerprint density at radius 1 is 0.944 bits per heavy atom. The van der Waals surface area contributed by atoms with Crippen LogP contribution in [0.15, 0.2) is 48.5 Å². The third-order valence-electron chi connectivity index (χ3n) is 3.72. The van der Waals surface area contributed by atoms with Crippen LogP contribution in [0.2, 0.25) is 0 Å². The third kappa shape index (κ3) is 1.75. The summed E-state index contributed by atoms with van der Waals surface area (Å²) >= 11 is 0. The predicted molar refractivity (Wildman–Crippen MR) is 74.6 cm³/mol. The Hall–Kier alpha value is -1.60. The average Bonchev–Trinajstić information content (AvgIpc) is 2.74. The number of ether oxygens (including phenoxy) is 1. The highest BCUT2D eigenvalue weighted by Crippen LogP contribution is 2.45. The van der Waals surface area contributed by atoms with Crippen molar-refractivity contribution in [2.24, 2.45) is 0 Å². The van der Waals surface area contributed by atoms with Crippen molar-refractivity contribution >= 4 is 0 Å². The molecule has 1 nitrogen and oxygen atoms in total. The second kappa shape index (κ2) is 4.58. The summed E-state index contributed by atoms with van der Waals surface area (Å²) in [5.41, 5.74) is 5.25. The molecule has 0 aromatic heterocycles. The van der Waals surface area contributed by atoms with E-state index >= 15 is 0 Å². The molecule has 1 aliphatic rings. The second-order valence-electron chi connectivity index (χ2n) is 4.91. The van der Waals surface area contributed by atoms with Crippen molar-refractivity contribution in [3.05, 3.63) is 59.7 Å². The molecule has 1 aliphatic carbocycles. The predicted octanol–water partition coefficient (Wildman–Crippen LogP) is 4.57. The summed E-state index contributed by atoms with van der Waals surface area (Å²) in [7, 11) is 0. The first kappa shape index (κ1) is 11.5. The van der Waals surface area contributed by atoms with E-state index in [1.807, 2.05) is 0 Å². The van der Waals surface area contributed by atoms with Crippen LogP contribution in [0.5, 0.6) is 0 Å². The molecule has 0 heterocycles. The molecule has 18 heavy (non-hydrogen) atoms. The molecule has 0 saturated carbocycles. The summed E-state index contributed by atoms with van der Waals surface area (Å²) in [5.74, 6) is 0. The molecule has 2 aromatic carbocycles. The van der Waals surface area contributed by atoms with Crippen LogP contribution in [-0.4, -0.2) is 6.10 Å². The lowest BCUT2D eigenvalue weighted by atomic mass is 10.1. The highest BCUT2D eigenvalue weighted by Gasteiger charge is 2.29. The van der Waals surface area contributed by atoms with E-state index in [2.05, 4.69) is 62.4 Å². The lowest BCUT2D eigenvalue weighted by Gasteiger charge is -2.19. The molecule has 92 valence electrons. The molecule has 0 saturated heterocycles. The van der Waals surface area contributed by atoms with Gasteiger partial charge in [0.2, 0.25) is 0 Å². The van der Waals surface area contributed by atoms with Crippen molar-refractivity contribution in [2.75, 3.05) is 0 Å². The number of benzene rings is 2. The first-order chi connectivity index (χ1) is 8.81.